The largest absolute Gasteiger partial charge is 0.0931 e. The van der Waals surface area contributed by atoms with Crippen molar-refractivity contribution in [1.29, 1.82) is 0 Å². The zero-order chi connectivity index (χ0) is 4.12. The van der Waals surface area contributed by atoms with Crippen molar-refractivity contribution in [3.05, 3.63) is 0 Å². The summed E-state index contributed by atoms with van der Waals surface area (Å²) in [4.78, 5) is 0. The second-order valence-corrected chi connectivity index (χ2v) is 5.53. The highest BCUT2D eigenvalue weighted by Gasteiger charge is 1.71. The molecule has 0 atom stereocenters. The van der Waals surface area contributed by atoms with E-state index in [1.54, 1.807) is 0 Å². The molecule has 32 valence electrons. The van der Waals surface area contributed by atoms with Crippen LogP contribution in [0.2, 0.25) is 6.55 Å². The first-order valence-corrected chi connectivity index (χ1v) is 7.59. The summed E-state index contributed by atoms with van der Waals surface area (Å²) in [5, 5.41) is 1.43. The molecule has 0 aliphatic rings. The molecule has 0 radical (unpaired) electrons. The van der Waals surface area contributed by atoms with Crippen LogP contribution >= 0.6 is 30.1 Å². The van der Waals surface area contributed by atoms with E-state index >= 15 is 0 Å². The first-order chi connectivity index (χ1) is 2.41. The minimum Gasteiger partial charge on any atom is -0.0931 e. The quantitative estimate of drug-likeness (QED) is 0.496. The molecule has 5 heavy (non-hydrogen) atoms. The standard InChI is InChI=1S/C2H7ISSi/c1-5-2-4-3/h2,5H2,1H3. The normalized spacial score (nSPS) is 10.8. The molecular formula is C2H7ISSi. The highest BCUT2D eigenvalue weighted by Crippen LogP contribution is 2.07. The second-order valence-electron chi connectivity index (χ2n) is 0.813. The van der Waals surface area contributed by atoms with Crippen LogP contribution in [0.25, 0.3) is 0 Å². The Morgan fingerprint density at radius 1 is 2.00 bits per heavy atom. The molecule has 0 rings (SSSR count). The van der Waals surface area contributed by atoms with Crippen LogP contribution in [0.5, 0.6) is 0 Å². The average molecular weight is 218 g/mol. The number of halogens is 1. The van der Waals surface area contributed by atoms with Gasteiger partial charge in [0.15, 0.2) is 0 Å². The fourth-order valence-corrected chi connectivity index (χ4v) is 4.66. The molecule has 0 aliphatic carbocycles. The molecule has 0 aromatic carbocycles. The summed E-state index contributed by atoms with van der Waals surface area (Å²) < 4.78 is 0. The van der Waals surface area contributed by atoms with Crippen molar-refractivity contribution in [2.45, 2.75) is 6.55 Å². The second kappa shape index (κ2) is 5.30. The molecule has 0 aromatic heterocycles. The molecule has 0 aliphatic heterocycles. The van der Waals surface area contributed by atoms with Gasteiger partial charge in [0.2, 0.25) is 0 Å². The predicted octanol–water partition coefficient (Wildman–Crippen LogP) is 1.24. The molecule has 0 saturated carbocycles. The first-order valence-electron chi connectivity index (χ1n) is 1.65. The van der Waals surface area contributed by atoms with E-state index in [2.05, 4.69) is 27.8 Å². The van der Waals surface area contributed by atoms with Gasteiger partial charge in [0.25, 0.3) is 0 Å². The highest BCUT2D eigenvalue weighted by molar-refractivity contribution is 14.2. The summed E-state index contributed by atoms with van der Waals surface area (Å²) in [7, 11) is 2.30. The summed E-state index contributed by atoms with van der Waals surface area (Å²) in [6, 6.07) is 0. The van der Waals surface area contributed by atoms with Gasteiger partial charge in [-0.3, -0.25) is 0 Å². The molecule has 0 aromatic rings. The van der Waals surface area contributed by atoms with E-state index in [0.29, 0.717) is 9.52 Å². The van der Waals surface area contributed by atoms with Gasteiger partial charge in [-0.05, 0) is 26.6 Å². The Hall–Kier alpha value is 1.30. The van der Waals surface area contributed by atoms with Gasteiger partial charge in [-0.1, -0.05) is 15.5 Å². The van der Waals surface area contributed by atoms with Crippen LogP contribution in [-0.4, -0.2) is 14.9 Å². The van der Waals surface area contributed by atoms with Crippen LogP contribution < -0.4 is 0 Å². The van der Waals surface area contributed by atoms with E-state index in [0.717, 1.165) is 0 Å². The Morgan fingerprint density at radius 3 is 2.60 bits per heavy atom. The third kappa shape index (κ3) is 5.30. The lowest BCUT2D eigenvalue weighted by atomic mass is 11.9. The Labute approximate surface area is 51.5 Å². The molecule has 0 saturated heterocycles. The summed E-state index contributed by atoms with van der Waals surface area (Å²) >= 11 is 2.34. The Kier molecular flexibility index (Phi) is 6.67. The number of rotatable bonds is 2. The molecular weight excluding hydrogens is 211 g/mol. The van der Waals surface area contributed by atoms with Crippen molar-refractivity contribution in [1.82, 2.24) is 0 Å². The third-order valence-corrected chi connectivity index (χ3v) is 6.50. The van der Waals surface area contributed by atoms with E-state index < -0.39 is 0 Å². The van der Waals surface area contributed by atoms with Crippen molar-refractivity contribution >= 4 is 39.7 Å². The van der Waals surface area contributed by atoms with Gasteiger partial charge in [-0.2, -0.15) is 0 Å². The highest BCUT2D eigenvalue weighted by atomic mass is 127. The molecule has 0 bridgehead atoms. The molecule has 3 heteroatoms. The van der Waals surface area contributed by atoms with Gasteiger partial charge in [0.1, 0.15) is 0 Å². The lowest BCUT2D eigenvalue weighted by Crippen LogP contribution is -1.79. The van der Waals surface area contributed by atoms with Gasteiger partial charge in [-0.25, -0.2) is 0 Å². The lowest BCUT2D eigenvalue weighted by molar-refractivity contribution is 2.08. The maximum Gasteiger partial charge on any atom is 0.0296 e. The molecule has 0 heterocycles. The molecule has 0 fully saturated rings. The van der Waals surface area contributed by atoms with E-state index in [1.165, 1.54) is 5.38 Å². The molecule has 0 nitrogen and oxygen atoms in total. The summed E-state index contributed by atoms with van der Waals surface area (Å²) in [5.74, 6) is 0. The van der Waals surface area contributed by atoms with Crippen molar-refractivity contribution in [3.63, 3.8) is 0 Å². The van der Waals surface area contributed by atoms with Gasteiger partial charge in [0, 0.05) is 9.52 Å². The third-order valence-electron chi connectivity index (χ3n) is 0.281. The monoisotopic (exact) mass is 218 g/mol. The van der Waals surface area contributed by atoms with Crippen molar-refractivity contribution in [2.75, 3.05) is 5.38 Å². The minimum absolute atomic E-state index is 0.369. The minimum atomic E-state index is 0.369. The molecule has 0 N–H and O–H groups in total. The summed E-state index contributed by atoms with van der Waals surface area (Å²) in [6.07, 6.45) is 0. The maximum absolute atomic E-state index is 2.34. The summed E-state index contributed by atoms with van der Waals surface area (Å²) in [5.41, 5.74) is 0. The van der Waals surface area contributed by atoms with Crippen LogP contribution in [0.4, 0.5) is 0 Å². The van der Waals surface area contributed by atoms with Crippen LogP contribution in [0.15, 0.2) is 0 Å². The number of hydrogen-bond donors (Lipinski definition) is 0. The Balaban J connectivity index is 2.19. The van der Waals surface area contributed by atoms with Gasteiger partial charge >= 0.3 is 0 Å². The van der Waals surface area contributed by atoms with Crippen LogP contribution in [-0.2, 0) is 0 Å². The Bertz CT molecular complexity index is 17.1. The fraction of sp³-hybridized carbons (Fsp3) is 1.00. The fourth-order valence-electron chi connectivity index (χ4n) is 0.0772. The SMILES string of the molecule is C[SiH2]CSI. The summed E-state index contributed by atoms with van der Waals surface area (Å²) in [6.45, 7) is 2.33. The van der Waals surface area contributed by atoms with E-state index in [9.17, 15) is 0 Å². The van der Waals surface area contributed by atoms with E-state index in [-0.39, 0.29) is 0 Å². The van der Waals surface area contributed by atoms with Gasteiger partial charge in [0.05, 0.1) is 0 Å². The first kappa shape index (κ1) is 6.30. The maximum atomic E-state index is 2.34. The van der Waals surface area contributed by atoms with Gasteiger partial charge < -0.3 is 0 Å². The zero-order valence-corrected chi connectivity index (χ0v) is 7.59. The Morgan fingerprint density at radius 2 is 2.60 bits per heavy atom. The van der Waals surface area contributed by atoms with Gasteiger partial charge in [-0.15, -0.1) is 0 Å². The van der Waals surface area contributed by atoms with Crippen LogP contribution in [0.1, 0.15) is 0 Å². The lowest BCUT2D eigenvalue weighted by Gasteiger charge is -1.76. The van der Waals surface area contributed by atoms with Crippen LogP contribution in [0, 0.1) is 0 Å². The van der Waals surface area contributed by atoms with E-state index in [1.807, 2.05) is 8.93 Å². The van der Waals surface area contributed by atoms with Crippen molar-refractivity contribution in [3.8, 4) is 0 Å². The molecule has 0 unspecified atom stereocenters. The topological polar surface area (TPSA) is 0 Å². The smallest absolute Gasteiger partial charge is 0.0296 e. The predicted molar refractivity (Wildman–Crippen MR) is 40.9 cm³/mol. The average Bonchev–Trinajstić information content (AvgIpc) is 1.41. The number of hydrogen-bond acceptors (Lipinski definition) is 1. The van der Waals surface area contributed by atoms with Crippen molar-refractivity contribution in [2.24, 2.45) is 0 Å². The van der Waals surface area contributed by atoms with Crippen molar-refractivity contribution < 1.29 is 0 Å². The zero-order valence-electron chi connectivity index (χ0n) is 3.20. The van der Waals surface area contributed by atoms with Crippen LogP contribution in [0.3, 0.4) is 0 Å². The van der Waals surface area contributed by atoms with E-state index in [4.69, 9.17) is 0 Å². The molecule has 0 amide bonds. The molecule has 0 spiro atoms.